The van der Waals surface area contributed by atoms with E-state index in [4.69, 9.17) is 6.42 Å². The van der Waals surface area contributed by atoms with Crippen molar-refractivity contribution < 1.29 is 17.6 Å². The molecule has 1 unspecified atom stereocenters. The third-order valence-corrected chi connectivity index (χ3v) is 2.47. The van der Waals surface area contributed by atoms with Gasteiger partial charge in [0, 0.05) is 12.5 Å². The van der Waals surface area contributed by atoms with E-state index in [0.29, 0.717) is 6.54 Å². The molecule has 1 aromatic rings. The summed E-state index contributed by atoms with van der Waals surface area (Å²) in [4.78, 5) is 0. The van der Waals surface area contributed by atoms with Crippen molar-refractivity contribution in [2.24, 2.45) is 0 Å². The summed E-state index contributed by atoms with van der Waals surface area (Å²) < 4.78 is 51.6. The summed E-state index contributed by atoms with van der Waals surface area (Å²) >= 11 is 0. The maximum absolute atomic E-state index is 13.1. The van der Waals surface area contributed by atoms with Gasteiger partial charge in [0.05, 0.1) is 5.56 Å². The maximum atomic E-state index is 13.1. The van der Waals surface area contributed by atoms with Crippen molar-refractivity contribution in [1.82, 2.24) is 5.32 Å². The SMILES string of the molecule is C#CCC(NCC)c1cc(F)ccc1C(F)(F)F. The lowest BCUT2D eigenvalue weighted by atomic mass is 9.97. The Labute approximate surface area is 103 Å². The van der Waals surface area contributed by atoms with E-state index in [-0.39, 0.29) is 12.0 Å². The van der Waals surface area contributed by atoms with Crippen LogP contribution in [0.1, 0.15) is 30.5 Å². The van der Waals surface area contributed by atoms with Crippen molar-refractivity contribution in [3.8, 4) is 12.3 Å². The van der Waals surface area contributed by atoms with E-state index in [1.807, 2.05) is 0 Å². The highest BCUT2D eigenvalue weighted by Crippen LogP contribution is 2.35. The molecule has 18 heavy (non-hydrogen) atoms. The predicted octanol–water partition coefficient (Wildman–Crippen LogP) is 3.52. The molecule has 0 aliphatic heterocycles. The fourth-order valence-corrected chi connectivity index (χ4v) is 1.74. The van der Waals surface area contributed by atoms with Gasteiger partial charge in [0.2, 0.25) is 0 Å². The summed E-state index contributed by atoms with van der Waals surface area (Å²) in [5.74, 6) is 1.59. The van der Waals surface area contributed by atoms with Crippen molar-refractivity contribution in [2.45, 2.75) is 25.6 Å². The molecule has 98 valence electrons. The van der Waals surface area contributed by atoms with Crippen LogP contribution in [0.5, 0.6) is 0 Å². The molecule has 0 aromatic heterocycles. The van der Waals surface area contributed by atoms with Crippen molar-refractivity contribution in [3.05, 3.63) is 35.1 Å². The first-order valence-corrected chi connectivity index (χ1v) is 5.43. The highest BCUT2D eigenvalue weighted by atomic mass is 19.4. The monoisotopic (exact) mass is 259 g/mol. The highest BCUT2D eigenvalue weighted by molar-refractivity contribution is 5.33. The Kier molecular flexibility index (Phi) is 4.74. The minimum atomic E-state index is -4.52. The van der Waals surface area contributed by atoms with Crippen LogP contribution >= 0.6 is 0 Å². The molecule has 1 rings (SSSR count). The number of hydrogen-bond acceptors (Lipinski definition) is 1. The van der Waals surface area contributed by atoms with E-state index in [2.05, 4.69) is 11.2 Å². The molecule has 0 radical (unpaired) electrons. The van der Waals surface area contributed by atoms with Gasteiger partial charge in [-0.25, -0.2) is 4.39 Å². The molecule has 1 nitrogen and oxygen atoms in total. The molecule has 0 fully saturated rings. The maximum Gasteiger partial charge on any atom is 0.416 e. The van der Waals surface area contributed by atoms with Gasteiger partial charge in [-0.3, -0.25) is 0 Å². The largest absolute Gasteiger partial charge is 0.416 e. The Bertz CT molecular complexity index is 445. The predicted molar refractivity (Wildman–Crippen MR) is 61.3 cm³/mol. The number of benzene rings is 1. The van der Waals surface area contributed by atoms with E-state index in [9.17, 15) is 17.6 Å². The molecule has 0 amide bonds. The van der Waals surface area contributed by atoms with Crippen molar-refractivity contribution in [2.75, 3.05) is 6.54 Å². The van der Waals surface area contributed by atoms with Gasteiger partial charge in [-0.1, -0.05) is 6.92 Å². The lowest BCUT2D eigenvalue weighted by Gasteiger charge is -2.20. The first-order valence-electron chi connectivity index (χ1n) is 5.43. The standard InChI is InChI=1S/C13H13F4N/c1-3-5-12(18-4-2)10-8-9(14)6-7-11(10)13(15,16)17/h1,6-8,12,18H,4-5H2,2H3. The summed E-state index contributed by atoms with van der Waals surface area (Å²) in [6.07, 6.45) is 0.677. The number of alkyl halides is 3. The Balaban J connectivity index is 3.26. The normalized spacial score (nSPS) is 13.1. The minimum Gasteiger partial charge on any atom is -0.309 e. The van der Waals surface area contributed by atoms with Crippen LogP contribution in [0.25, 0.3) is 0 Å². The zero-order valence-corrected chi connectivity index (χ0v) is 9.81. The summed E-state index contributed by atoms with van der Waals surface area (Å²) in [7, 11) is 0. The molecule has 0 saturated carbocycles. The molecule has 0 saturated heterocycles. The lowest BCUT2D eigenvalue weighted by molar-refractivity contribution is -0.138. The second kappa shape index (κ2) is 5.87. The number of halogens is 4. The van der Waals surface area contributed by atoms with Gasteiger partial charge in [-0.15, -0.1) is 12.3 Å². The lowest BCUT2D eigenvalue weighted by Crippen LogP contribution is -2.24. The molecular formula is C13H13F4N. The fraction of sp³-hybridized carbons (Fsp3) is 0.385. The summed E-state index contributed by atoms with van der Waals surface area (Å²) in [6, 6.07) is 1.72. The van der Waals surface area contributed by atoms with Crippen LogP contribution in [0.2, 0.25) is 0 Å². The average molecular weight is 259 g/mol. The smallest absolute Gasteiger partial charge is 0.309 e. The Hall–Kier alpha value is -1.54. The number of rotatable bonds is 4. The number of hydrogen-bond donors (Lipinski definition) is 1. The van der Waals surface area contributed by atoms with Gasteiger partial charge >= 0.3 is 6.18 Å². The Morgan fingerprint density at radius 2 is 2.06 bits per heavy atom. The van der Waals surface area contributed by atoms with Crippen LogP contribution in [0, 0.1) is 18.2 Å². The third kappa shape index (κ3) is 3.47. The fourth-order valence-electron chi connectivity index (χ4n) is 1.74. The van der Waals surface area contributed by atoms with Crippen LogP contribution in [-0.2, 0) is 6.18 Å². The average Bonchev–Trinajstić information content (AvgIpc) is 2.27. The number of nitrogens with one attached hydrogen (secondary N) is 1. The van der Waals surface area contributed by atoms with Crippen LogP contribution in [0.3, 0.4) is 0 Å². The van der Waals surface area contributed by atoms with Crippen LogP contribution in [0.4, 0.5) is 17.6 Å². The third-order valence-electron chi connectivity index (χ3n) is 2.47. The van der Waals surface area contributed by atoms with Gasteiger partial charge in [0.15, 0.2) is 0 Å². The van der Waals surface area contributed by atoms with Crippen LogP contribution < -0.4 is 5.32 Å². The van der Waals surface area contributed by atoms with E-state index in [1.165, 1.54) is 0 Å². The van der Waals surface area contributed by atoms with Crippen LogP contribution in [0.15, 0.2) is 18.2 Å². The molecule has 0 bridgehead atoms. The molecule has 0 aliphatic carbocycles. The quantitative estimate of drug-likeness (QED) is 0.644. The van der Waals surface area contributed by atoms with Gasteiger partial charge < -0.3 is 5.32 Å². The van der Waals surface area contributed by atoms with Gasteiger partial charge in [-0.2, -0.15) is 13.2 Å². The van der Waals surface area contributed by atoms with Gasteiger partial charge in [0.25, 0.3) is 0 Å². The molecule has 0 spiro atoms. The van der Waals surface area contributed by atoms with Gasteiger partial charge in [-0.05, 0) is 30.3 Å². The first kappa shape index (κ1) is 14.5. The van der Waals surface area contributed by atoms with Gasteiger partial charge in [0.1, 0.15) is 5.82 Å². The Morgan fingerprint density at radius 1 is 1.39 bits per heavy atom. The molecule has 0 aliphatic rings. The topological polar surface area (TPSA) is 12.0 Å². The highest BCUT2D eigenvalue weighted by Gasteiger charge is 2.35. The van der Waals surface area contributed by atoms with E-state index in [0.717, 1.165) is 18.2 Å². The Morgan fingerprint density at radius 3 is 2.56 bits per heavy atom. The van der Waals surface area contributed by atoms with Crippen molar-refractivity contribution in [3.63, 3.8) is 0 Å². The van der Waals surface area contributed by atoms with Crippen molar-refractivity contribution in [1.29, 1.82) is 0 Å². The summed E-state index contributed by atoms with van der Waals surface area (Å²) in [5.41, 5.74) is -1.01. The second-order valence-corrected chi connectivity index (χ2v) is 3.75. The second-order valence-electron chi connectivity index (χ2n) is 3.75. The molecule has 1 aromatic carbocycles. The molecule has 1 atom stereocenters. The first-order chi connectivity index (χ1) is 8.40. The number of terminal acetylenes is 1. The molecule has 1 N–H and O–H groups in total. The van der Waals surface area contributed by atoms with E-state index in [1.54, 1.807) is 6.92 Å². The molecule has 0 heterocycles. The summed E-state index contributed by atoms with van der Waals surface area (Å²) in [6.45, 7) is 2.19. The molecular weight excluding hydrogens is 246 g/mol. The van der Waals surface area contributed by atoms with E-state index < -0.39 is 23.6 Å². The van der Waals surface area contributed by atoms with Crippen molar-refractivity contribution >= 4 is 0 Å². The summed E-state index contributed by atoms with van der Waals surface area (Å²) in [5, 5.41) is 2.83. The molecule has 5 heteroatoms. The van der Waals surface area contributed by atoms with Crippen LogP contribution in [-0.4, -0.2) is 6.54 Å². The minimum absolute atomic E-state index is 0.0698. The zero-order chi connectivity index (χ0) is 13.8. The zero-order valence-electron chi connectivity index (χ0n) is 9.81. The van der Waals surface area contributed by atoms with E-state index >= 15 is 0 Å².